The summed E-state index contributed by atoms with van der Waals surface area (Å²) >= 11 is 3.49. The molecule has 5 heteroatoms. The lowest BCUT2D eigenvalue weighted by Crippen LogP contribution is -2.00. The van der Waals surface area contributed by atoms with Gasteiger partial charge in [0, 0.05) is 10.0 Å². The number of hydrogen-bond donors (Lipinski definition) is 1. The van der Waals surface area contributed by atoms with E-state index in [-0.39, 0.29) is 6.61 Å². The molecule has 0 unspecified atom stereocenters. The molecule has 1 heterocycles. The molecular formula is C13H13BrN2O2. The average Bonchev–Trinajstić information content (AvgIpc) is 2.41. The van der Waals surface area contributed by atoms with Crippen molar-refractivity contribution in [3.63, 3.8) is 0 Å². The summed E-state index contributed by atoms with van der Waals surface area (Å²) in [6, 6.07) is 5.90. The smallest absolute Gasteiger partial charge is 0.238 e. The Morgan fingerprint density at radius 3 is 2.83 bits per heavy atom. The van der Waals surface area contributed by atoms with Gasteiger partial charge in [0.05, 0.1) is 25.6 Å². The van der Waals surface area contributed by atoms with Gasteiger partial charge in [-0.1, -0.05) is 28.1 Å². The summed E-state index contributed by atoms with van der Waals surface area (Å²) < 4.78 is 6.14. The van der Waals surface area contributed by atoms with Gasteiger partial charge < -0.3 is 9.84 Å². The normalized spacial score (nSPS) is 10.4. The Labute approximate surface area is 114 Å². The number of benzene rings is 1. The summed E-state index contributed by atoms with van der Waals surface area (Å²) in [5, 5.41) is 9.12. The van der Waals surface area contributed by atoms with Crippen molar-refractivity contribution < 1.29 is 9.84 Å². The minimum atomic E-state index is -0.187. The summed E-state index contributed by atoms with van der Waals surface area (Å²) in [4.78, 5) is 8.53. The molecule has 2 rings (SSSR count). The summed E-state index contributed by atoms with van der Waals surface area (Å²) in [6.45, 7) is 1.82. The first kappa shape index (κ1) is 13.0. The first-order chi connectivity index (χ1) is 8.67. The Kier molecular flexibility index (Phi) is 3.93. The number of hydrogen-bond acceptors (Lipinski definition) is 4. The first-order valence-corrected chi connectivity index (χ1v) is 6.23. The molecule has 0 spiro atoms. The van der Waals surface area contributed by atoms with Gasteiger partial charge in [-0.05, 0) is 18.6 Å². The van der Waals surface area contributed by atoms with Crippen LogP contribution in [0.1, 0.15) is 11.3 Å². The lowest BCUT2D eigenvalue weighted by molar-refractivity contribution is 0.265. The van der Waals surface area contributed by atoms with Crippen molar-refractivity contribution in [3.05, 3.63) is 40.1 Å². The molecular weight excluding hydrogens is 296 g/mol. The van der Waals surface area contributed by atoms with E-state index in [2.05, 4.69) is 25.9 Å². The fraction of sp³-hybridized carbons (Fsp3) is 0.231. The summed E-state index contributed by atoms with van der Waals surface area (Å²) in [6.07, 6.45) is 1.64. The van der Waals surface area contributed by atoms with E-state index in [1.807, 2.05) is 25.1 Å². The molecule has 2 aromatic rings. The molecule has 0 fully saturated rings. The molecule has 4 nitrogen and oxygen atoms in total. The molecule has 0 radical (unpaired) electrons. The van der Waals surface area contributed by atoms with Gasteiger partial charge in [-0.2, -0.15) is 0 Å². The van der Waals surface area contributed by atoms with Gasteiger partial charge >= 0.3 is 0 Å². The summed E-state index contributed by atoms with van der Waals surface area (Å²) in [5.74, 6) is 0.356. The highest BCUT2D eigenvalue weighted by atomic mass is 79.9. The largest absolute Gasteiger partial charge is 0.480 e. The van der Waals surface area contributed by atoms with Gasteiger partial charge in [-0.25, -0.2) is 4.98 Å². The molecule has 0 aliphatic carbocycles. The van der Waals surface area contributed by atoms with Crippen LogP contribution in [-0.2, 0) is 6.61 Å². The number of aliphatic hydroxyl groups excluding tert-OH is 1. The quantitative estimate of drug-likeness (QED) is 0.947. The zero-order chi connectivity index (χ0) is 13.1. The Bertz CT molecular complexity index is 573. The van der Waals surface area contributed by atoms with Gasteiger partial charge in [0.25, 0.3) is 0 Å². The van der Waals surface area contributed by atoms with Gasteiger partial charge in [0.2, 0.25) is 5.88 Å². The third-order valence-corrected chi connectivity index (χ3v) is 3.56. The second-order valence-electron chi connectivity index (χ2n) is 3.78. The van der Waals surface area contributed by atoms with Crippen molar-refractivity contribution in [2.45, 2.75) is 13.5 Å². The SMILES string of the molecule is COc1nc(-c2cccc(Br)c2C)cnc1CO. The number of ether oxygens (including phenoxy) is 1. The van der Waals surface area contributed by atoms with E-state index in [9.17, 15) is 0 Å². The molecule has 0 atom stereocenters. The number of nitrogens with zero attached hydrogens (tertiary/aromatic N) is 2. The molecule has 0 saturated heterocycles. The van der Waals surface area contributed by atoms with E-state index in [1.165, 1.54) is 7.11 Å². The van der Waals surface area contributed by atoms with Crippen LogP contribution >= 0.6 is 15.9 Å². The number of halogens is 1. The molecule has 0 aliphatic rings. The molecule has 1 aromatic carbocycles. The van der Waals surface area contributed by atoms with Gasteiger partial charge in [-0.15, -0.1) is 0 Å². The second-order valence-corrected chi connectivity index (χ2v) is 4.64. The third-order valence-electron chi connectivity index (χ3n) is 2.70. The third kappa shape index (κ3) is 2.37. The van der Waals surface area contributed by atoms with E-state index in [0.29, 0.717) is 11.6 Å². The number of methoxy groups -OCH3 is 1. The van der Waals surface area contributed by atoms with E-state index in [1.54, 1.807) is 6.20 Å². The number of rotatable bonds is 3. The summed E-state index contributed by atoms with van der Waals surface area (Å²) in [7, 11) is 1.51. The maximum atomic E-state index is 9.12. The highest BCUT2D eigenvalue weighted by Gasteiger charge is 2.11. The topological polar surface area (TPSA) is 55.2 Å². The predicted octanol–water partition coefficient (Wildman–Crippen LogP) is 2.72. The van der Waals surface area contributed by atoms with Gasteiger partial charge in [0.1, 0.15) is 5.69 Å². The highest BCUT2D eigenvalue weighted by molar-refractivity contribution is 9.10. The van der Waals surface area contributed by atoms with Crippen LogP contribution in [0.2, 0.25) is 0 Å². The van der Waals surface area contributed by atoms with Crippen LogP contribution in [0.15, 0.2) is 28.9 Å². The molecule has 0 aliphatic heterocycles. The minimum absolute atomic E-state index is 0.187. The van der Waals surface area contributed by atoms with Crippen molar-refractivity contribution in [1.29, 1.82) is 0 Å². The van der Waals surface area contributed by atoms with Crippen LogP contribution in [0.25, 0.3) is 11.3 Å². The Morgan fingerprint density at radius 1 is 1.39 bits per heavy atom. The van der Waals surface area contributed by atoms with Gasteiger partial charge in [-0.3, -0.25) is 4.98 Å². The first-order valence-electron chi connectivity index (χ1n) is 5.43. The zero-order valence-corrected chi connectivity index (χ0v) is 11.7. The van der Waals surface area contributed by atoms with E-state index < -0.39 is 0 Å². The monoisotopic (exact) mass is 308 g/mol. The Morgan fingerprint density at radius 2 is 2.17 bits per heavy atom. The van der Waals surface area contributed by atoms with Crippen LogP contribution in [-0.4, -0.2) is 22.2 Å². The number of aliphatic hydroxyl groups is 1. The van der Waals surface area contributed by atoms with Crippen molar-refractivity contribution >= 4 is 15.9 Å². The molecule has 94 valence electrons. The lowest BCUT2D eigenvalue weighted by Gasteiger charge is -2.09. The Balaban J connectivity index is 2.54. The van der Waals surface area contributed by atoms with Crippen molar-refractivity contribution in [3.8, 4) is 17.1 Å². The molecule has 18 heavy (non-hydrogen) atoms. The second kappa shape index (κ2) is 5.46. The fourth-order valence-corrected chi connectivity index (χ4v) is 2.05. The van der Waals surface area contributed by atoms with Crippen LogP contribution in [0.3, 0.4) is 0 Å². The van der Waals surface area contributed by atoms with E-state index in [0.717, 1.165) is 21.3 Å². The fourth-order valence-electron chi connectivity index (χ4n) is 1.68. The van der Waals surface area contributed by atoms with Gasteiger partial charge in [0.15, 0.2) is 0 Å². The maximum absolute atomic E-state index is 9.12. The van der Waals surface area contributed by atoms with Crippen LogP contribution in [0.4, 0.5) is 0 Å². The van der Waals surface area contributed by atoms with Crippen LogP contribution in [0, 0.1) is 6.92 Å². The number of aromatic nitrogens is 2. The van der Waals surface area contributed by atoms with Crippen molar-refractivity contribution in [2.24, 2.45) is 0 Å². The predicted molar refractivity (Wildman–Crippen MR) is 72.4 cm³/mol. The molecule has 1 aromatic heterocycles. The zero-order valence-electron chi connectivity index (χ0n) is 10.1. The van der Waals surface area contributed by atoms with E-state index >= 15 is 0 Å². The van der Waals surface area contributed by atoms with Crippen molar-refractivity contribution in [2.75, 3.05) is 7.11 Å². The average molecular weight is 309 g/mol. The van der Waals surface area contributed by atoms with Crippen LogP contribution in [0.5, 0.6) is 5.88 Å². The lowest BCUT2D eigenvalue weighted by atomic mass is 10.1. The molecule has 0 bridgehead atoms. The van der Waals surface area contributed by atoms with Crippen LogP contribution < -0.4 is 4.74 Å². The van der Waals surface area contributed by atoms with E-state index in [4.69, 9.17) is 9.84 Å². The highest BCUT2D eigenvalue weighted by Crippen LogP contribution is 2.28. The molecule has 1 N–H and O–H groups in total. The standard InChI is InChI=1S/C13H13BrN2O2/c1-8-9(4-3-5-10(8)14)11-6-15-12(7-17)13(16-11)18-2/h3-6,17H,7H2,1-2H3. The van der Waals surface area contributed by atoms with Crippen molar-refractivity contribution in [1.82, 2.24) is 9.97 Å². The minimum Gasteiger partial charge on any atom is -0.480 e. The maximum Gasteiger partial charge on any atom is 0.238 e. The molecule has 0 amide bonds. The summed E-state index contributed by atoms with van der Waals surface area (Å²) in [5.41, 5.74) is 3.24. The Hall–Kier alpha value is -1.46. The molecule has 0 saturated carbocycles.